The molecule has 0 spiro atoms. The third-order valence-electron chi connectivity index (χ3n) is 3.84. The number of ether oxygens (including phenoxy) is 1. The number of hydrogen-bond acceptors (Lipinski definition) is 2. The normalized spacial score (nSPS) is 12.6. The van der Waals surface area contributed by atoms with Gasteiger partial charge < -0.3 is 10.1 Å². The van der Waals surface area contributed by atoms with Gasteiger partial charge in [-0.3, -0.25) is 4.79 Å². The molecule has 21 heavy (non-hydrogen) atoms. The van der Waals surface area contributed by atoms with E-state index in [2.05, 4.69) is 17.4 Å². The van der Waals surface area contributed by atoms with Gasteiger partial charge in [0.15, 0.2) is 0 Å². The maximum Gasteiger partial charge on any atom is 0.251 e. The van der Waals surface area contributed by atoms with E-state index in [1.165, 1.54) is 11.1 Å². The molecule has 1 amide bonds. The average molecular weight is 281 g/mol. The molecule has 3 heteroatoms. The molecule has 0 saturated heterocycles. The monoisotopic (exact) mass is 281 g/mol. The lowest BCUT2D eigenvalue weighted by atomic mass is 10.1. The van der Waals surface area contributed by atoms with Crippen molar-refractivity contribution < 1.29 is 9.53 Å². The zero-order chi connectivity index (χ0) is 14.7. The molecule has 0 unspecified atom stereocenters. The molecule has 1 heterocycles. The van der Waals surface area contributed by atoms with Gasteiger partial charge in [-0.1, -0.05) is 30.3 Å². The summed E-state index contributed by atoms with van der Waals surface area (Å²) >= 11 is 0. The van der Waals surface area contributed by atoms with Crippen molar-refractivity contribution in [1.29, 1.82) is 0 Å². The van der Waals surface area contributed by atoms with Gasteiger partial charge in [0.25, 0.3) is 5.91 Å². The highest BCUT2D eigenvalue weighted by molar-refractivity contribution is 5.95. The molecule has 3 rings (SSSR count). The number of rotatable bonds is 4. The minimum atomic E-state index is -0.00223. The fourth-order valence-corrected chi connectivity index (χ4v) is 2.64. The molecule has 1 N–H and O–H groups in total. The maximum atomic E-state index is 12.1. The third kappa shape index (κ3) is 3.07. The van der Waals surface area contributed by atoms with E-state index in [1.54, 1.807) is 0 Å². The van der Waals surface area contributed by atoms with Crippen LogP contribution in [0.2, 0.25) is 0 Å². The van der Waals surface area contributed by atoms with E-state index in [4.69, 9.17) is 4.74 Å². The van der Waals surface area contributed by atoms with Crippen LogP contribution in [-0.2, 0) is 12.8 Å². The molecular weight excluding hydrogens is 262 g/mol. The minimum absolute atomic E-state index is 0.00223. The fourth-order valence-electron chi connectivity index (χ4n) is 2.64. The summed E-state index contributed by atoms with van der Waals surface area (Å²) in [5, 5.41) is 2.99. The van der Waals surface area contributed by atoms with Crippen molar-refractivity contribution in [3.8, 4) is 5.75 Å². The highest BCUT2D eigenvalue weighted by atomic mass is 16.5. The highest BCUT2D eigenvalue weighted by Gasteiger charge is 2.12. The molecule has 2 aromatic carbocycles. The van der Waals surface area contributed by atoms with E-state index in [-0.39, 0.29) is 5.91 Å². The van der Waals surface area contributed by atoms with Crippen molar-refractivity contribution in [1.82, 2.24) is 5.32 Å². The average Bonchev–Trinajstić information content (AvgIpc) is 2.95. The molecule has 1 aliphatic rings. The van der Waals surface area contributed by atoms with Gasteiger partial charge in [-0.2, -0.15) is 0 Å². The van der Waals surface area contributed by atoms with Crippen LogP contribution in [0.25, 0.3) is 0 Å². The summed E-state index contributed by atoms with van der Waals surface area (Å²) < 4.78 is 5.50. The number of carbonyl (C=O) groups is 1. The number of hydrogen-bond donors (Lipinski definition) is 1. The van der Waals surface area contributed by atoms with Crippen LogP contribution >= 0.6 is 0 Å². The van der Waals surface area contributed by atoms with Crippen LogP contribution in [-0.4, -0.2) is 19.1 Å². The molecule has 1 aliphatic heterocycles. The standard InChI is InChI=1S/C18H19NO2/c1-13-4-2-3-5-16(13)18(20)19-10-8-14-6-7-17-15(12-14)9-11-21-17/h2-7,12H,8-11H2,1H3,(H,19,20). The molecule has 0 aromatic heterocycles. The number of carbonyl (C=O) groups excluding carboxylic acids is 1. The smallest absolute Gasteiger partial charge is 0.251 e. The van der Waals surface area contributed by atoms with E-state index in [0.717, 1.165) is 36.3 Å². The van der Waals surface area contributed by atoms with Crippen LogP contribution in [0.4, 0.5) is 0 Å². The quantitative estimate of drug-likeness (QED) is 0.936. The Bertz CT molecular complexity index is 664. The second-order valence-corrected chi connectivity index (χ2v) is 5.36. The van der Waals surface area contributed by atoms with Gasteiger partial charge in [-0.15, -0.1) is 0 Å². The number of fused-ring (bicyclic) bond motifs is 1. The molecule has 0 fully saturated rings. The second-order valence-electron chi connectivity index (χ2n) is 5.36. The predicted octanol–water partition coefficient (Wildman–Crippen LogP) is 2.90. The Kier molecular flexibility index (Phi) is 3.91. The van der Waals surface area contributed by atoms with Crippen molar-refractivity contribution >= 4 is 5.91 Å². The molecule has 0 bridgehead atoms. The molecular formula is C18H19NO2. The molecule has 0 radical (unpaired) electrons. The summed E-state index contributed by atoms with van der Waals surface area (Å²) in [6.07, 6.45) is 1.82. The first kappa shape index (κ1) is 13.7. The fraction of sp³-hybridized carbons (Fsp3) is 0.278. The van der Waals surface area contributed by atoms with Crippen molar-refractivity contribution in [3.63, 3.8) is 0 Å². The summed E-state index contributed by atoms with van der Waals surface area (Å²) in [6.45, 7) is 3.38. The Hall–Kier alpha value is -2.29. The summed E-state index contributed by atoms with van der Waals surface area (Å²) in [6, 6.07) is 13.9. The Balaban J connectivity index is 1.57. The summed E-state index contributed by atoms with van der Waals surface area (Å²) in [5.74, 6) is 1.00. The van der Waals surface area contributed by atoms with Gasteiger partial charge in [-0.05, 0) is 42.2 Å². The van der Waals surface area contributed by atoms with Crippen molar-refractivity contribution in [2.75, 3.05) is 13.2 Å². The minimum Gasteiger partial charge on any atom is -0.493 e. The summed E-state index contributed by atoms with van der Waals surface area (Å²) in [5.41, 5.74) is 4.27. The second kappa shape index (κ2) is 6.00. The lowest BCUT2D eigenvalue weighted by Crippen LogP contribution is -2.26. The molecule has 0 atom stereocenters. The third-order valence-corrected chi connectivity index (χ3v) is 3.84. The highest BCUT2D eigenvalue weighted by Crippen LogP contribution is 2.25. The lowest BCUT2D eigenvalue weighted by Gasteiger charge is -2.08. The number of nitrogens with one attached hydrogen (secondary N) is 1. The number of aryl methyl sites for hydroxylation is 1. The first-order valence-electron chi connectivity index (χ1n) is 7.32. The van der Waals surface area contributed by atoms with Crippen LogP contribution in [0.3, 0.4) is 0 Å². The predicted molar refractivity (Wildman–Crippen MR) is 82.9 cm³/mol. The van der Waals surface area contributed by atoms with E-state index in [0.29, 0.717) is 6.54 Å². The van der Waals surface area contributed by atoms with Gasteiger partial charge in [0.2, 0.25) is 0 Å². The SMILES string of the molecule is Cc1ccccc1C(=O)NCCc1ccc2c(c1)CCO2. The van der Waals surface area contributed by atoms with Crippen LogP contribution in [0.1, 0.15) is 27.0 Å². The summed E-state index contributed by atoms with van der Waals surface area (Å²) in [4.78, 5) is 12.1. The first-order chi connectivity index (χ1) is 10.2. The summed E-state index contributed by atoms with van der Waals surface area (Å²) in [7, 11) is 0. The Morgan fingerprint density at radius 2 is 2.10 bits per heavy atom. The number of benzene rings is 2. The molecule has 3 nitrogen and oxygen atoms in total. The maximum absolute atomic E-state index is 12.1. The zero-order valence-electron chi connectivity index (χ0n) is 12.2. The Morgan fingerprint density at radius 3 is 2.95 bits per heavy atom. The van der Waals surface area contributed by atoms with Crippen LogP contribution in [0.5, 0.6) is 5.75 Å². The molecule has 0 saturated carbocycles. The van der Waals surface area contributed by atoms with Crippen molar-refractivity contribution in [2.24, 2.45) is 0 Å². The van der Waals surface area contributed by atoms with Crippen LogP contribution in [0, 0.1) is 6.92 Å². The van der Waals surface area contributed by atoms with E-state index >= 15 is 0 Å². The van der Waals surface area contributed by atoms with Gasteiger partial charge in [0.05, 0.1) is 6.61 Å². The van der Waals surface area contributed by atoms with E-state index < -0.39 is 0 Å². The van der Waals surface area contributed by atoms with Crippen LogP contribution in [0.15, 0.2) is 42.5 Å². The number of amides is 1. The van der Waals surface area contributed by atoms with Gasteiger partial charge in [-0.25, -0.2) is 0 Å². The van der Waals surface area contributed by atoms with E-state index in [1.807, 2.05) is 37.3 Å². The molecule has 0 aliphatic carbocycles. The van der Waals surface area contributed by atoms with E-state index in [9.17, 15) is 4.79 Å². The Morgan fingerprint density at radius 1 is 1.24 bits per heavy atom. The van der Waals surface area contributed by atoms with Crippen molar-refractivity contribution in [3.05, 3.63) is 64.7 Å². The van der Waals surface area contributed by atoms with Gasteiger partial charge in [0, 0.05) is 18.5 Å². The van der Waals surface area contributed by atoms with Gasteiger partial charge >= 0.3 is 0 Å². The topological polar surface area (TPSA) is 38.3 Å². The zero-order valence-corrected chi connectivity index (χ0v) is 12.2. The van der Waals surface area contributed by atoms with Crippen molar-refractivity contribution in [2.45, 2.75) is 19.8 Å². The molecule has 2 aromatic rings. The first-order valence-corrected chi connectivity index (χ1v) is 7.32. The lowest BCUT2D eigenvalue weighted by molar-refractivity contribution is 0.0953. The largest absolute Gasteiger partial charge is 0.493 e. The van der Waals surface area contributed by atoms with Gasteiger partial charge in [0.1, 0.15) is 5.75 Å². The Labute approximate surface area is 124 Å². The van der Waals surface area contributed by atoms with Crippen LogP contribution < -0.4 is 10.1 Å². The molecule has 108 valence electrons.